The SMILES string of the molecule is O=C(CCCc1ccccc1)OC(Cl)Cl. The van der Waals surface area contributed by atoms with Crippen LogP contribution in [0.5, 0.6) is 0 Å². The lowest BCUT2D eigenvalue weighted by molar-refractivity contribution is -0.143. The topological polar surface area (TPSA) is 26.3 Å². The van der Waals surface area contributed by atoms with Crippen LogP contribution >= 0.6 is 23.2 Å². The van der Waals surface area contributed by atoms with Crippen LogP contribution in [0.25, 0.3) is 0 Å². The number of esters is 1. The van der Waals surface area contributed by atoms with Crippen molar-refractivity contribution in [2.75, 3.05) is 0 Å². The summed E-state index contributed by atoms with van der Waals surface area (Å²) >= 11 is 10.6. The van der Waals surface area contributed by atoms with Gasteiger partial charge in [0.1, 0.15) is 0 Å². The maximum atomic E-state index is 11.1. The highest BCUT2D eigenvalue weighted by Crippen LogP contribution is 2.08. The van der Waals surface area contributed by atoms with Gasteiger partial charge in [-0.05, 0) is 18.4 Å². The number of rotatable bonds is 5. The third kappa shape index (κ3) is 5.65. The van der Waals surface area contributed by atoms with Gasteiger partial charge in [0.15, 0.2) is 0 Å². The fraction of sp³-hybridized carbons (Fsp3) is 0.364. The van der Waals surface area contributed by atoms with Crippen LogP contribution in [-0.2, 0) is 16.0 Å². The first-order valence-electron chi connectivity index (χ1n) is 4.70. The molecule has 1 aromatic carbocycles. The van der Waals surface area contributed by atoms with Crippen LogP contribution in [0.3, 0.4) is 0 Å². The highest BCUT2D eigenvalue weighted by atomic mass is 35.5. The van der Waals surface area contributed by atoms with E-state index >= 15 is 0 Å². The summed E-state index contributed by atoms with van der Waals surface area (Å²) in [4.78, 5) is 11.1. The monoisotopic (exact) mass is 246 g/mol. The fourth-order valence-corrected chi connectivity index (χ4v) is 1.44. The molecule has 0 saturated heterocycles. The lowest BCUT2D eigenvalue weighted by atomic mass is 10.1. The fourth-order valence-electron chi connectivity index (χ4n) is 1.24. The van der Waals surface area contributed by atoms with Gasteiger partial charge in [0, 0.05) is 6.42 Å². The van der Waals surface area contributed by atoms with E-state index in [2.05, 4.69) is 4.74 Å². The highest BCUT2D eigenvalue weighted by molar-refractivity contribution is 6.43. The molecule has 0 N–H and O–H groups in total. The van der Waals surface area contributed by atoms with Gasteiger partial charge < -0.3 is 4.74 Å². The normalized spacial score (nSPS) is 10.3. The van der Waals surface area contributed by atoms with Crippen LogP contribution in [0.15, 0.2) is 30.3 Å². The molecule has 0 aromatic heterocycles. The van der Waals surface area contributed by atoms with Crippen molar-refractivity contribution < 1.29 is 9.53 Å². The van der Waals surface area contributed by atoms with Gasteiger partial charge in [-0.1, -0.05) is 53.5 Å². The van der Waals surface area contributed by atoms with E-state index < -0.39 is 5.02 Å². The summed E-state index contributed by atoms with van der Waals surface area (Å²) in [5.41, 5.74) is 1.21. The van der Waals surface area contributed by atoms with Gasteiger partial charge in [0.2, 0.25) is 0 Å². The molecule has 1 aromatic rings. The minimum absolute atomic E-state index is 0.338. The molecule has 0 aliphatic carbocycles. The van der Waals surface area contributed by atoms with Crippen LogP contribution in [0.1, 0.15) is 18.4 Å². The Labute approximate surface area is 99.1 Å². The lowest BCUT2D eigenvalue weighted by Gasteiger charge is -2.04. The second-order valence-corrected chi connectivity index (χ2v) is 4.11. The Morgan fingerprint density at radius 3 is 2.53 bits per heavy atom. The molecule has 0 aliphatic rings. The van der Waals surface area contributed by atoms with Gasteiger partial charge in [-0.2, -0.15) is 0 Å². The molecule has 0 aliphatic heterocycles. The Morgan fingerprint density at radius 2 is 1.93 bits per heavy atom. The molecule has 0 unspecified atom stereocenters. The van der Waals surface area contributed by atoms with Crippen molar-refractivity contribution >= 4 is 29.2 Å². The van der Waals surface area contributed by atoms with Crippen LogP contribution in [0.4, 0.5) is 0 Å². The first-order valence-corrected chi connectivity index (χ1v) is 5.57. The number of ether oxygens (including phenoxy) is 1. The molecule has 2 nitrogen and oxygen atoms in total. The average Bonchev–Trinajstić information content (AvgIpc) is 2.18. The van der Waals surface area contributed by atoms with Gasteiger partial charge >= 0.3 is 5.97 Å². The highest BCUT2D eigenvalue weighted by Gasteiger charge is 2.07. The van der Waals surface area contributed by atoms with Crippen molar-refractivity contribution in [3.8, 4) is 0 Å². The van der Waals surface area contributed by atoms with E-state index in [-0.39, 0.29) is 5.97 Å². The number of aryl methyl sites for hydroxylation is 1. The number of alkyl halides is 2. The standard InChI is InChI=1S/C11H12Cl2O2/c12-11(13)15-10(14)8-4-7-9-5-2-1-3-6-9/h1-3,5-6,11H,4,7-8H2. The van der Waals surface area contributed by atoms with E-state index in [9.17, 15) is 4.79 Å². The Hall–Kier alpha value is -0.730. The van der Waals surface area contributed by atoms with Crippen LogP contribution in [-0.4, -0.2) is 11.0 Å². The molecule has 82 valence electrons. The second-order valence-electron chi connectivity index (χ2n) is 3.09. The summed E-state index contributed by atoms with van der Waals surface area (Å²) in [6.07, 6.45) is 1.93. The van der Waals surface area contributed by atoms with Gasteiger partial charge in [0.25, 0.3) is 5.02 Å². The van der Waals surface area contributed by atoms with E-state index in [1.54, 1.807) is 0 Å². The number of carbonyl (C=O) groups excluding carboxylic acids is 1. The van der Waals surface area contributed by atoms with E-state index in [0.717, 1.165) is 12.8 Å². The van der Waals surface area contributed by atoms with Gasteiger partial charge in [-0.25, -0.2) is 0 Å². The molecular weight excluding hydrogens is 235 g/mol. The zero-order chi connectivity index (χ0) is 11.1. The third-order valence-electron chi connectivity index (χ3n) is 1.91. The first-order chi connectivity index (χ1) is 7.18. The molecule has 0 radical (unpaired) electrons. The van der Waals surface area contributed by atoms with E-state index in [4.69, 9.17) is 23.2 Å². The summed E-state index contributed by atoms with van der Waals surface area (Å²) < 4.78 is 4.58. The molecule has 0 atom stereocenters. The Kier molecular flexibility index (Phi) is 5.51. The molecule has 1 rings (SSSR count). The van der Waals surface area contributed by atoms with Gasteiger partial charge in [-0.3, -0.25) is 4.79 Å². The van der Waals surface area contributed by atoms with Crippen LogP contribution in [0, 0.1) is 0 Å². The van der Waals surface area contributed by atoms with E-state index in [1.165, 1.54) is 5.56 Å². The zero-order valence-corrected chi connectivity index (χ0v) is 9.67. The Bertz CT molecular complexity index is 299. The zero-order valence-electron chi connectivity index (χ0n) is 8.16. The molecule has 0 bridgehead atoms. The van der Waals surface area contributed by atoms with E-state index in [1.807, 2.05) is 30.3 Å². The Morgan fingerprint density at radius 1 is 1.27 bits per heavy atom. The molecule has 0 fully saturated rings. The van der Waals surface area contributed by atoms with Crippen molar-refractivity contribution in [3.05, 3.63) is 35.9 Å². The van der Waals surface area contributed by atoms with Crippen molar-refractivity contribution in [3.63, 3.8) is 0 Å². The van der Waals surface area contributed by atoms with E-state index in [0.29, 0.717) is 6.42 Å². The number of hydrogen-bond acceptors (Lipinski definition) is 2. The van der Waals surface area contributed by atoms with Crippen molar-refractivity contribution in [2.24, 2.45) is 0 Å². The summed E-state index contributed by atoms with van der Waals surface area (Å²) in [6, 6.07) is 9.96. The minimum atomic E-state index is -1.06. The molecule has 0 amide bonds. The van der Waals surface area contributed by atoms with Gasteiger partial charge in [-0.15, -0.1) is 0 Å². The predicted octanol–water partition coefficient (Wildman–Crippen LogP) is 3.31. The summed E-state index contributed by atoms with van der Waals surface area (Å²) in [7, 11) is 0. The molecule has 4 heteroatoms. The van der Waals surface area contributed by atoms with Gasteiger partial charge in [0.05, 0.1) is 0 Å². The molecular formula is C11H12Cl2O2. The number of benzene rings is 1. The molecule has 15 heavy (non-hydrogen) atoms. The largest absolute Gasteiger partial charge is 0.431 e. The third-order valence-corrected chi connectivity index (χ3v) is 2.09. The summed E-state index contributed by atoms with van der Waals surface area (Å²) in [6.45, 7) is 0. The molecule has 0 saturated carbocycles. The van der Waals surface area contributed by atoms with Crippen LogP contribution < -0.4 is 0 Å². The van der Waals surface area contributed by atoms with Crippen molar-refractivity contribution in [1.29, 1.82) is 0 Å². The number of carbonyl (C=O) groups is 1. The maximum absolute atomic E-state index is 11.1. The predicted molar refractivity (Wildman–Crippen MR) is 61.0 cm³/mol. The second kappa shape index (κ2) is 6.70. The summed E-state index contributed by atoms with van der Waals surface area (Å²) in [5, 5.41) is -1.06. The smallest absolute Gasteiger partial charge is 0.308 e. The maximum Gasteiger partial charge on any atom is 0.308 e. The minimum Gasteiger partial charge on any atom is -0.431 e. The van der Waals surface area contributed by atoms with Crippen LogP contribution in [0.2, 0.25) is 0 Å². The first kappa shape index (κ1) is 12.3. The van der Waals surface area contributed by atoms with Crippen molar-refractivity contribution in [1.82, 2.24) is 0 Å². The number of halogens is 2. The summed E-state index contributed by atoms with van der Waals surface area (Å²) in [5.74, 6) is -0.360. The number of hydrogen-bond donors (Lipinski definition) is 0. The molecule has 0 spiro atoms. The lowest BCUT2D eigenvalue weighted by Crippen LogP contribution is -2.07. The Balaban J connectivity index is 2.19. The quantitative estimate of drug-likeness (QED) is 0.589. The average molecular weight is 247 g/mol. The van der Waals surface area contributed by atoms with Crippen molar-refractivity contribution in [2.45, 2.75) is 24.3 Å². The molecule has 0 heterocycles.